The first-order chi connectivity index (χ1) is 9.13. The molecule has 1 aromatic rings. The van der Waals surface area contributed by atoms with E-state index >= 15 is 0 Å². The second kappa shape index (κ2) is 8.68. The van der Waals surface area contributed by atoms with Gasteiger partial charge in [0.15, 0.2) is 0 Å². The Labute approximate surface area is 124 Å². The fourth-order valence-corrected chi connectivity index (χ4v) is 2.35. The van der Waals surface area contributed by atoms with Crippen LogP contribution in [-0.2, 0) is 22.6 Å². The van der Waals surface area contributed by atoms with Gasteiger partial charge in [0, 0.05) is 40.4 Å². The molecule has 0 aliphatic heterocycles. The van der Waals surface area contributed by atoms with E-state index in [-0.39, 0.29) is 0 Å². The monoisotopic (exact) mass is 333 g/mol. The summed E-state index contributed by atoms with van der Waals surface area (Å²) in [6, 6.07) is 0. The lowest BCUT2D eigenvalue weighted by atomic mass is 10.3. The van der Waals surface area contributed by atoms with Gasteiger partial charge in [0.25, 0.3) is 0 Å². The molecule has 0 fully saturated rings. The van der Waals surface area contributed by atoms with Crippen molar-refractivity contribution in [2.75, 3.05) is 40.5 Å². The number of ether oxygens (including phenoxy) is 2. The van der Waals surface area contributed by atoms with E-state index in [0.717, 1.165) is 49.6 Å². The third-order valence-corrected chi connectivity index (χ3v) is 4.08. The molecule has 0 atom stereocenters. The lowest BCUT2D eigenvalue weighted by Gasteiger charge is -2.22. The van der Waals surface area contributed by atoms with Crippen molar-refractivity contribution in [1.29, 1.82) is 0 Å². The van der Waals surface area contributed by atoms with Gasteiger partial charge in [-0.1, -0.05) is 0 Å². The molecule has 110 valence electrons. The summed E-state index contributed by atoms with van der Waals surface area (Å²) < 4.78 is 13.5. The Morgan fingerprint density at radius 3 is 2.26 bits per heavy atom. The molecule has 0 aliphatic carbocycles. The Kier molecular flexibility index (Phi) is 7.60. The van der Waals surface area contributed by atoms with Crippen molar-refractivity contribution in [3.8, 4) is 0 Å². The molecule has 0 amide bonds. The van der Waals surface area contributed by atoms with Gasteiger partial charge < -0.3 is 9.47 Å². The molecule has 0 aromatic carbocycles. The van der Waals surface area contributed by atoms with Crippen molar-refractivity contribution in [3.05, 3.63) is 15.9 Å². The van der Waals surface area contributed by atoms with Crippen LogP contribution in [0, 0.1) is 6.92 Å². The van der Waals surface area contributed by atoms with Crippen LogP contribution in [-0.4, -0.2) is 55.2 Å². The highest BCUT2D eigenvalue weighted by Gasteiger charge is 2.15. The van der Waals surface area contributed by atoms with Crippen LogP contribution >= 0.6 is 15.9 Å². The Morgan fingerprint density at radius 2 is 1.79 bits per heavy atom. The molecule has 0 bridgehead atoms. The molecule has 6 heteroatoms. The fraction of sp³-hybridized carbons (Fsp3) is 0.769. The summed E-state index contributed by atoms with van der Waals surface area (Å²) in [4.78, 5) is 2.32. The Morgan fingerprint density at radius 1 is 1.21 bits per heavy atom. The fourth-order valence-electron chi connectivity index (χ4n) is 1.94. The zero-order valence-electron chi connectivity index (χ0n) is 12.3. The molecule has 0 saturated heterocycles. The first-order valence-electron chi connectivity index (χ1n) is 6.56. The number of hydrogen-bond acceptors (Lipinski definition) is 4. The maximum Gasteiger partial charge on any atom is 0.0739 e. The van der Waals surface area contributed by atoms with Crippen molar-refractivity contribution in [2.24, 2.45) is 0 Å². The lowest BCUT2D eigenvalue weighted by Crippen LogP contribution is -2.31. The van der Waals surface area contributed by atoms with Gasteiger partial charge in [-0.2, -0.15) is 5.10 Å². The van der Waals surface area contributed by atoms with Gasteiger partial charge >= 0.3 is 0 Å². The van der Waals surface area contributed by atoms with Gasteiger partial charge in [-0.25, -0.2) is 0 Å². The molecular weight excluding hydrogens is 310 g/mol. The topological polar surface area (TPSA) is 39.5 Å². The van der Waals surface area contributed by atoms with E-state index < -0.39 is 0 Å². The van der Waals surface area contributed by atoms with Gasteiger partial charge in [-0.3, -0.25) is 9.58 Å². The Bertz CT molecular complexity index is 374. The van der Waals surface area contributed by atoms with E-state index in [9.17, 15) is 0 Å². The summed E-state index contributed by atoms with van der Waals surface area (Å²) in [5.74, 6) is 0. The summed E-state index contributed by atoms with van der Waals surface area (Å²) in [7, 11) is 3.45. The molecule has 0 N–H and O–H groups in total. The number of nitrogens with zero attached hydrogens (tertiary/aromatic N) is 3. The lowest BCUT2D eigenvalue weighted by molar-refractivity contribution is 0.108. The molecule has 0 radical (unpaired) electrons. The molecule has 19 heavy (non-hydrogen) atoms. The highest BCUT2D eigenvalue weighted by atomic mass is 79.9. The minimum absolute atomic E-state index is 0.723. The van der Waals surface area contributed by atoms with Crippen LogP contribution in [0.2, 0.25) is 0 Å². The second-order valence-corrected chi connectivity index (χ2v) is 5.22. The van der Waals surface area contributed by atoms with Crippen LogP contribution in [0.4, 0.5) is 0 Å². The van der Waals surface area contributed by atoms with Gasteiger partial charge in [0.1, 0.15) is 0 Å². The number of aryl methyl sites for hydroxylation is 2. The molecule has 0 spiro atoms. The smallest absolute Gasteiger partial charge is 0.0739 e. The number of aromatic nitrogens is 2. The van der Waals surface area contributed by atoms with Crippen LogP contribution in [0.3, 0.4) is 0 Å². The molecule has 0 unspecified atom stereocenters. The molecule has 0 saturated carbocycles. The predicted octanol–water partition coefficient (Wildman–Crippen LogP) is 2.07. The van der Waals surface area contributed by atoms with Crippen LogP contribution in [0.25, 0.3) is 0 Å². The summed E-state index contributed by atoms with van der Waals surface area (Å²) in [5, 5.41) is 4.52. The largest absolute Gasteiger partial charge is 0.383 e. The number of rotatable bonds is 9. The maximum absolute atomic E-state index is 5.17. The second-order valence-electron chi connectivity index (χ2n) is 4.42. The van der Waals surface area contributed by atoms with Crippen LogP contribution in [0.15, 0.2) is 4.47 Å². The van der Waals surface area contributed by atoms with E-state index in [0.29, 0.717) is 0 Å². The highest BCUT2D eigenvalue weighted by Crippen LogP contribution is 2.22. The predicted molar refractivity (Wildman–Crippen MR) is 79.4 cm³/mol. The van der Waals surface area contributed by atoms with Gasteiger partial charge in [-0.05, 0) is 29.8 Å². The SMILES string of the molecule is CCn1nc(C)c(Br)c1CN(CCOC)CCOC. The normalized spacial score (nSPS) is 11.5. The molecule has 0 aliphatic rings. The number of methoxy groups -OCH3 is 2. The van der Waals surface area contributed by atoms with E-state index in [2.05, 4.69) is 32.9 Å². The van der Waals surface area contributed by atoms with Gasteiger partial charge in [0.05, 0.1) is 29.1 Å². The van der Waals surface area contributed by atoms with Crippen molar-refractivity contribution in [2.45, 2.75) is 26.9 Å². The van der Waals surface area contributed by atoms with Gasteiger partial charge in [0.2, 0.25) is 0 Å². The average Bonchev–Trinajstić information content (AvgIpc) is 2.69. The van der Waals surface area contributed by atoms with Gasteiger partial charge in [-0.15, -0.1) is 0 Å². The summed E-state index contributed by atoms with van der Waals surface area (Å²) >= 11 is 3.63. The molecule has 1 aromatic heterocycles. The number of halogens is 1. The van der Waals surface area contributed by atoms with Crippen molar-refractivity contribution in [3.63, 3.8) is 0 Å². The zero-order chi connectivity index (χ0) is 14.3. The van der Waals surface area contributed by atoms with E-state index in [1.807, 2.05) is 11.6 Å². The summed E-state index contributed by atoms with van der Waals surface area (Å²) in [6.07, 6.45) is 0. The standard InChI is InChI=1S/C13H24BrN3O2/c1-5-17-12(13(14)11(2)15-17)10-16(6-8-18-3)7-9-19-4/h5-10H2,1-4H3. The van der Waals surface area contributed by atoms with Crippen molar-refractivity contribution >= 4 is 15.9 Å². The minimum atomic E-state index is 0.723. The Balaban J connectivity index is 2.76. The summed E-state index contributed by atoms with van der Waals surface area (Å²) in [5.41, 5.74) is 2.25. The first kappa shape index (κ1) is 16.6. The van der Waals surface area contributed by atoms with Crippen LogP contribution in [0.1, 0.15) is 18.3 Å². The van der Waals surface area contributed by atoms with E-state index in [1.54, 1.807) is 14.2 Å². The minimum Gasteiger partial charge on any atom is -0.383 e. The third-order valence-electron chi connectivity index (χ3n) is 3.05. The average molecular weight is 334 g/mol. The van der Waals surface area contributed by atoms with E-state index in [1.165, 1.54) is 5.69 Å². The Hall–Kier alpha value is -0.430. The summed E-state index contributed by atoms with van der Waals surface area (Å²) in [6.45, 7) is 9.08. The molecular formula is C13H24BrN3O2. The molecule has 1 heterocycles. The third kappa shape index (κ3) is 4.87. The molecule has 5 nitrogen and oxygen atoms in total. The highest BCUT2D eigenvalue weighted by molar-refractivity contribution is 9.10. The molecule has 1 rings (SSSR count). The van der Waals surface area contributed by atoms with Crippen molar-refractivity contribution < 1.29 is 9.47 Å². The maximum atomic E-state index is 5.17. The van der Waals surface area contributed by atoms with Crippen LogP contribution in [0.5, 0.6) is 0 Å². The quantitative estimate of drug-likeness (QED) is 0.693. The van der Waals surface area contributed by atoms with Crippen LogP contribution < -0.4 is 0 Å². The number of hydrogen-bond donors (Lipinski definition) is 0. The zero-order valence-corrected chi connectivity index (χ0v) is 13.9. The van der Waals surface area contributed by atoms with E-state index in [4.69, 9.17) is 9.47 Å². The first-order valence-corrected chi connectivity index (χ1v) is 7.35. The van der Waals surface area contributed by atoms with Crippen molar-refractivity contribution in [1.82, 2.24) is 14.7 Å².